The van der Waals surface area contributed by atoms with Gasteiger partial charge >= 0.3 is 0 Å². The Labute approximate surface area is 94.7 Å². The molecule has 0 amide bonds. The first kappa shape index (κ1) is 12.7. The summed E-state index contributed by atoms with van der Waals surface area (Å²) in [7, 11) is 0. The first-order valence-electron chi connectivity index (χ1n) is 6.24. The van der Waals surface area contributed by atoms with Crippen LogP contribution in [0.3, 0.4) is 0 Å². The van der Waals surface area contributed by atoms with Crippen LogP contribution in [0.4, 0.5) is 0 Å². The van der Waals surface area contributed by atoms with Gasteiger partial charge in [0, 0.05) is 13.1 Å². The SMILES string of the molecule is C=CCN(CCC)CC1(C)CCNCC1. The fraction of sp³-hybridized carbons (Fsp3) is 0.846. The molecular weight excluding hydrogens is 184 g/mol. The smallest absolute Gasteiger partial charge is 0.0160 e. The number of piperidine rings is 1. The summed E-state index contributed by atoms with van der Waals surface area (Å²) in [5.41, 5.74) is 0.517. The first-order valence-corrected chi connectivity index (χ1v) is 6.24. The van der Waals surface area contributed by atoms with Gasteiger partial charge in [0.05, 0.1) is 0 Å². The van der Waals surface area contributed by atoms with E-state index in [4.69, 9.17) is 0 Å². The number of hydrogen-bond acceptors (Lipinski definition) is 2. The van der Waals surface area contributed by atoms with Crippen molar-refractivity contribution in [3.8, 4) is 0 Å². The Kier molecular flexibility index (Phi) is 5.34. The van der Waals surface area contributed by atoms with Crippen molar-refractivity contribution < 1.29 is 0 Å². The van der Waals surface area contributed by atoms with Crippen molar-refractivity contribution in [1.82, 2.24) is 10.2 Å². The summed E-state index contributed by atoms with van der Waals surface area (Å²) in [6.07, 6.45) is 5.89. The Balaban J connectivity index is 2.43. The molecule has 1 N–H and O–H groups in total. The molecule has 0 aromatic rings. The molecule has 1 saturated heterocycles. The minimum absolute atomic E-state index is 0.517. The molecule has 88 valence electrons. The van der Waals surface area contributed by atoms with Crippen LogP contribution >= 0.6 is 0 Å². The maximum absolute atomic E-state index is 3.84. The lowest BCUT2D eigenvalue weighted by Gasteiger charge is -2.38. The normalized spacial score (nSPS) is 20.5. The second-order valence-electron chi connectivity index (χ2n) is 5.08. The fourth-order valence-electron chi connectivity index (χ4n) is 2.46. The zero-order valence-electron chi connectivity index (χ0n) is 10.4. The van der Waals surface area contributed by atoms with Gasteiger partial charge in [-0.1, -0.05) is 19.9 Å². The van der Waals surface area contributed by atoms with E-state index >= 15 is 0 Å². The number of hydrogen-bond donors (Lipinski definition) is 1. The van der Waals surface area contributed by atoms with Crippen LogP contribution in [0.15, 0.2) is 12.7 Å². The van der Waals surface area contributed by atoms with Crippen LogP contribution in [0.2, 0.25) is 0 Å². The summed E-state index contributed by atoms with van der Waals surface area (Å²) < 4.78 is 0. The molecule has 0 saturated carbocycles. The van der Waals surface area contributed by atoms with Gasteiger partial charge in [-0.3, -0.25) is 4.90 Å². The molecule has 1 rings (SSSR count). The van der Waals surface area contributed by atoms with Crippen LogP contribution in [-0.4, -0.2) is 37.6 Å². The number of nitrogens with zero attached hydrogens (tertiary/aromatic N) is 1. The zero-order valence-corrected chi connectivity index (χ0v) is 10.4. The topological polar surface area (TPSA) is 15.3 Å². The molecule has 0 radical (unpaired) electrons. The van der Waals surface area contributed by atoms with Crippen molar-refractivity contribution in [1.29, 1.82) is 0 Å². The predicted molar refractivity (Wildman–Crippen MR) is 67.1 cm³/mol. The maximum atomic E-state index is 3.84. The molecule has 0 atom stereocenters. The fourth-order valence-corrected chi connectivity index (χ4v) is 2.46. The second-order valence-corrected chi connectivity index (χ2v) is 5.08. The van der Waals surface area contributed by atoms with E-state index in [1.165, 1.54) is 45.4 Å². The van der Waals surface area contributed by atoms with Crippen molar-refractivity contribution in [2.75, 3.05) is 32.7 Å². The molecule has 0 aromatic heterocycles. The van der Waals surface area contributed by atoms with Crippen LogP contribution in [0.5, 0.6) is 0 Å². The second kappa shape index (κ2) is 6.29. The van der Waals surface area contributed by atoms with Crippen molar-refractivity contribution in [2.45, 2.75) is 33.1 Å². The molecule has 2 nitrogen and oxygen atoms in total. The van der Waals surface area contributed by atoms with Crippen LogP contribution in [-0.2, 0) is 0 Å². The Morgan fingerprint density at radius 2 is 2.07 bits per heavy atom. The minimum Gasteiger partial charge on any atom is -0.317 e. The molecule has 0 bridgehead atoms. The van der Waals surface area contributed by atoms with Crippen LogP contribution in [0, 0.1) is 5.41 Å². The molecule has 0 aliphatic carbocycles. The quantitative estimate of drug-likeness (QED) is 0.677. The highest BCUT2D eigenvalue weighted by Crippen LogP contribution is 2.28. The third-order valence-corrected chi connectivity index (χ3v) is 3.34. The Bertz CT molecular complexity index is 183. The Morgan fingerprint density at radius 1 is 1.40 bits per heavy atom. The Morgan fingerprint density at radius 3 is 2.60 bits per heavy atom. The van der Waals surface area contributed by atoms with Gasteiger partial charge in [0.2, 0.25) is 0 Å². The molecule has 1 heterocycles. The van der Waals surface area contributed by atoms with Crippen LogP contribution in [0.1, 0.15) is 33.1 Å². The average Bonchev–Trinajstić information content (AvgIpc) is 2.19. The van der Waals surface area contributed by atoms with Crippen molar-refractivity contribution in [3.63, 3.8) is 0 Å². The van der Waals surface area contributed by atoms with Gasteiger partial charge in [-0.05, 0) is 44.3 Å². The monoisotopic (exact) mass is 210 g/mol. The lowest BCUT2D eigenvalue weighted by Crippen LogP contribution is -2.43. The maximum Gasteiger partial charge on any atom is 0.0160 e. The predicted octanol–water partition coefficient (Wildman–Crippen LogP) is 2.27. The van der Waals surface area contributed by atoms with E-state index in [0.717, 1.165) is 6.54 Å². The third-order valence-electron chi connectivity index (χ3n) is 3.34. The highest BCUT2D eigenvalue weighted by molar-refractivity contribution is 4.85. The van der Waals surface area contributed by atoms with Gasteiger partial charge in [0.1, 0.15) is 0 Å². The highest BCUT2D eigenvalue weighted by atomic mass is 15.1. The van der Waals surface area contributed by atoms with E-state index in [1.54, 1.807) is 0 Å². The largest absolute Gasteiger partial charge is 0.317 e. The zero-order chi connectivity index (χ0) is 11.1. The van der Waals surface area contributed by atoms with Crippen LogP contribution < -0.4 is 5.32 Å². The summed E-state index contributed by atoms with van der Waals surface area (Å²) in [4.78, 5) is 2.54. The number of rotatable bonds is 6. The molecule has 2 heteroatoms. The van der Waals surface area contributed by atoms with Crippen LogP contribution in [0.25, 0.3) is 0 Å². The van der Waals surface area contributed by atoms with Crippen molar-refractivity contribution in [2.24, 2.45) is 5.41 Å². The van der Waals surface area contributed by atoms with E-state index in [0.29, 0.717) is 5.41 Å². The van der Waals surface area contributed by atoms with Crippen molar-refractivity contribution >= 4 is 0 Å². The molecule has 0 unspecified atom stereocenters. The molecule has 0 aromatic carbocycles. The summed E-state index contributed by atoms with van der Waals surface area (Å²) >= 11 is 0. The minimum atomic E-state index is 0.517. The summed E-state index contributed by atoms with van der Waals surface area (Å²) in [6, 6.07) is 0. The van der Waals surface area contributed by atoms with Gasteiger partial charge in [0.15, 0.2) is 0 Å². The lowest BCUT2D eigenvalue weighted by molar-refractivity contribution is 0.137. The molecule has 1 aliphatic heterocycles. The first-order chi connectivity index (χ1) is 7.20. The molecule has 15 heavy (non-hydrogen) atoms. The van der Waals surface area contributed by atoms with Gasteiger partial charge in [-0.2, -0.15) is 0 Å². The molecule has 1 fully saturated rings. The van der Waals surface area contributed by atoms with Gasteiger partial charge in [-0.15, -0.1) is 6.58 Å². The average molecular weight is 210 g/mol. The third kappa shape index (κ3) is 4.35. The highest BCUT2D eigenvalue weighted by Gasteiger charge is 2.28. The van der Waals surface area contributed by atoms with Gasteiger partial charge < -0.3 is 5.32 Å². The van der Waals surface area contributed by atoms with Crippen molar-refractivity contribution in [3.05, 3.63) is 12.7 Å². The van der Waals surface area contributed by atoms with E-state index in [2.05, 4.69) is 30.6 Å². The molecule has 1 aliphatic rings. The van der Waals surface area contributed by atoms with Gasteiger partial charge in [0.25, 0.3) is 0 Å². The molecule has 0 spiro atoms. The van der Waals surface area contributed by atoms with E-state index < -0.39 is 0 Å². The van der Waals surface area contributed by atoms with E-state index in [1.807, 2.05) is 6.08 Å². The Hall–Kier alpha value is -0.340. The molecular formula is C13H26N2. The standard InChI is InChI=1S/C13H26N2/c1-4-10-15(11-5-2)12-13(3)6-8-14-9-7-13/h4,14H,1,5-12H2,2-3H3. The number of nitrogens with one attached hydrogen (secondary N) is 1. The summed E-state index contributed by atoms with van der Waals surface area (Å²) in [5, 5.41) is 3.44. The van der Waals surface area contributed by atoms with E-state index in [9.17, 15) is 0 Å². The summed E-state index contributed by atoms with van der Waals surface area (Å²) in [6.45, 7) is 14.4. The summed E-state index contributed by atoms with van der Waals surface area (Å²) in [5.74, 6) is 0. The lowest BCUT2D eigenvalue weighted by atomic mass is 9.80. The van der Waals surface area contributed by atoms with E-state index in [-0.39, 0.29) is 0 Å². The van der Waals surface area contributed by atoms with Gasteiger partial charge in [-0.25, -0.2) is 0 Å².